The van der Waals surface area contributed by atoms with Gasteiger partial charge in [0.15, 0.2) is 0 Å². The third-order valence-electron chi connectivity index (χ3n) is 4.37. The number of amidine groups is 1. The molecule has 5 nitrogen and oxygen atoms in total. The van der Waals surface area contributed by atoms with Crippen molar-refractivity contribution in [3.63, 3.8) is 0 Å². The third kappa shape index (κ3) is 2.99. The molecule has 1 saturated heterocycles. The monoisotopic (exact) mass is 314 g/mol. The number of aromatic nitrogens is 2. The summed E-state index contributed by atoms with van der Waals surface area (Å²) < 4.78 is 20.8. The van der Waals surface area contributed by atoms with Crippen LogP contribution in [0.2, 0.25) is 0 Å². The molecule has 1 aromatic heterocycles. The molecule has 1 fully saturated rings. The van der Waals surface area contributed by atoms with Gasteiger partial charge in [-0.3, -0.25) is 4.99 Å². The van der Waals surface area contributed by atoms with E-state index < -0.39 is 0 Å². The molecule has 0 radical (unpaired) electrons. The summed E-state index contributed by atoms with van der Waals surface area (Å²) in [6, 6.07) is 7.02. The van der Waals surface area contributed by atoms with Crippen LogP contribution in [0.3, 0.4) is 0 Å². The Balaban J connectivity index is 1.52. The second-order valence-electron chi connectivity index (χ2n) is 6.00. The third-order valence-corrected chi connectivity index (χ3v) is 4.37. The smallest absolute Gasteiger partial charge is 0.135 e. The summed E-state index contributed by atoms with van der Waals surface area (Å²) in [6.45, 7) is 2.18. The van der Waals surface area contributed by atoms with Gasteiger partial charge in [0, 0.05) is 25.2 Å². The van der Waals surface area contributed by atoms with Gasteiger partial charge in [-0.2, -0.15) is 5.10 Å². The van der Waals surface area contributed by atoms with Crippen molar-refractivity contribution in [2.24, 2.45) is 4.99 Å². The molecule has 120 valence electrons. The number of fused-ring (bicyclic) bond motifs is 1. The van der Waals surface area contributed by atoms with Crippen LogP contribution in [0.15, 0.2) is 35.5 Å². The molecule has 0 unspecified atom stereocenters. The topological polar surface area (TPSA) is 51.4 Å². The first-order chi connectivity index (χ1) is 11.3. The fourth-order valence-electron chi connectivity index (χ4n) is 3.15. The van der Waals surface area contributed by atoms with Crippen molar-refractivity contribution in [3.05, 3.63) is 47.4 Å². The van der Waals surface area contributed by atoms with E-state index in [9.17, 15) is 4.39 Å². The molecule has 1 N–H and O–H groups in total. The number of halogens is 1. The molecule has 0 bridgehead atoms. The summed E-state index contributed by atoms with van der Waals surface area (Å²) in [6.07, 6.45) is 4.44. The summed E-state index contributed by atoms with van der Waals surface area (Å²) in [5, 5.41) is 7.94. The van der Waals surface area contributed by atoms with Gasteiger partial charge in [0.1, 0.15) is 17.5 Å². The first-order valence-corrected chi connectivity index (χ1v) is 7.98. The highest BCUT2D eigenvalue weighted by molar-refractivity contribution is 5.98. The number of nitrogens with one attached hydrogen (secondary N) is 1. The van der Waals surface area contributed by atoms with Crippen LogP contribution in [-0.2, 0) is 17.7 Å². The largest absolute Gasteiger partial charge is 0.381 e. The van der Waals surface area contributed by atoms with Crippen LogP contribution in [-0.4, -0.2) is 28.8 Å². The molecule has 2 aliphatic heterocycles. The fourth-order valence-corrected chi connectivity index (χ4v) is 3.15. The minimum atomic E-state index is -0.216. The van der Waals surface area contributed by atoms with Gasteiger partial charge in [-0.1, -0.05) is 12.1 Å². The predicted molar refractivity (Wildman–Crippen MR) is 86.2 cm³/mol. The van der Waals surface area contributed by atoms with E-state index in [1.807, 2.05) is 12.3 Å². The number of hydrogen-bond donors (Lipinski definition) is 1. The zero-order valence-corrected chi connectivity index (χ0v) is 12.8. The van der Waals surface area contributed by atoms with Crippen LogP contribution in [0.1, 0.15) is 30.0 Å². The lowest BCUT2D eigenvalue weighted by molar-refractivity contribution is 0.0668. The molecule has 0 atom stereocenters. The molecule has 2 aromatic rings. The normalized spacial score (nSPS) is 18.2. The van der Waals surface area contributed by atoms with E-state index in [4.69, 9.17) is 4.74 Å². The number of hydrogen-bond acceptors (Lipinski definition) is 4. The predicted octanol–water partition coefficient (Wildman–Crippen LogP) is 2.94. The van der Waals surface area contributed by atoms with E-state index in [0.717, 1.165) is 48.8 Å². The van der Waals surface area contributed by atoms with Gasteiger partial charge >= 0.3 is 0 Å². The Morgan fingerprint density at radius 2 is 2.17 bits per heavy atom. The van der Waals surface area contributed by atoms with Crippen LogP contribution in [0, 0.1) is 5.82 Å². The maximum absolute atomic E-state index is 13.3. The number of nitrogens with zero attached hydrogens (tertiary/aromatic N) is 3. The zero-order chi connectivity index (χ0) is 15.6. The standard InChI is InChI=1S/C17H19FN4O/c18-14-3-1-2-12(8-14)9-16-19-10-13-11-20-22(17(13)21-16)15-4-6-23-7-5-15/h1-3,8,11,15H,4-7,9-10H2,(H,19,21). The molecular weight excluding hydrogens is 295 g/mol. The molecule has 0 aliphatic carbocycles. The Hall–Kier alpha value is -2.21. The minimum absolute atomic E-state index is 0.216. The average Bonchev–Trinajstić information content (AvgIpc) is 2.99. The van der Waals surface area contributed by atoms with Crippen molar-refractivity contribution in [2.45, 2.75) is 31.8 Å². The number of rotatable bonds is 3. The Bertz CT molecular complexity index is 734. The number of ether oxygens (including phenoxy) is 1. The number of anilines is 1. The SMILES string of the molecule is Fc1cccc(CC2=NCc3cnn(C4CCOCC4)c3N2)c1. The zero-order valence-electron chi connectivity index (χ0n) is 12.8. The highest BCUT2D eigenvalue weighted by Crippen LogP contribution is 2.29. The first-order valence-electron chi connectivity index (χ1n) is 7.98. The summed E-state index contributed by atoms with van der Waals surface area (Å²) in [4.78, 5) is 4.56. The molecular formula is C17H19FN4O. The highest BCUT2D eigenvalue weighted by atomic mass is 19.1. The van der Waals surface area contributed by atoms with Crippen molar-refractivity contribution in [2.75, 3.05) is 18.5 Å². The minimum Gasteiger partial charge on any atom is -0.381 e. The number of aliphatic imine (C=N–C) groups is 1. The van der Waals surface area contributed by atoms with E-state index >= 15 is 0 Å². The van der Waals surface area contributed by atoms with E-state index in [2.05, 4.69) is 20.1 Å². The summed E-state index contributed by atoms with van der Waals surface area (Å²) in [5.74, 6) is 1.67. The quantitative estimate of drug-likeness (QED) is 0.947. The van der Waals surface area contributed by atoms with Crippen LogP contribution in [0.25, 0.3) is 0 Å². The second-order valence-corrected chi connectivity index (χ2v) is 6.00. The van der Waals surface area contributed by atoms with Crippen LogP contribution in [0.4, 0.5) is 10.2 Å². The van der Waals surface area contributed by atoms with E-state index in [-0.39, 0.29) is 5.82 Å². The van der Waals surface area contributed by atoms with Gasteiger partial charge < -0.3 is 10.1 Å². The van der Waals surface area contributed by atoms with Gasteiger partial charge in [-0.05, 0) is 30.5 Å². The molecule has 1 aromatic carbocycles. The molecule has 0 amide bonds. The van der Waals surface area contributed by atoms with Crippen LogP contribution >= 0.6 is 0 Å². The van der Waals surface area contributed by atoms with Gasteiger partial charge in [0.25, 0.3) is 0 Å². The maximum atomic E-state index is 13.3. The molecule has 0 spiro atoms. The summed E-state index contributed by atoms with van der Waals surface area (Å²) >= 11 is 0. The lowest BCUT2D eigenvalue weighted by Gasteiger charge is -2.26. The van der Waals surface area contributed by atoms with Gasteiger partial charge in [0.05, 0.1) is 18.8 Å². The fraction of sp³-hybridized carbons (Fsp3) is 0.412. The highest BCUT2D eigenvalue weighted by Gasteiger charge is 2.24. The second kappa shape index (κ2) is 6.12. The molecule has 3 heterocycles. The Morgan fingerprint density at radius 1 is 1.30 bits per heavy atom. The lowest BCUT2D eigenvalue weighted by Crippen LogP contribution is -2.26. The summed E-state index contributed by atoms with van der Waals surface area (Å²) in [7, 11) is 0. The number of benzene rings is 1. The average molecular weight is 314 g/mol. The van der Waals surface area contributed by atoms with E-state index in [0.29, 0.717) is 19.0 Å². The molecule has 23 heavy (non-hydrogen) atoms. The van der Waals surface area contributed by atoms with Gasteiger partial charge in [-0.15, -0.1) is 0 Å². The van der Waals surface area contributed by atoms with Crippen LogP contribution in [0.5, 0.6) is 0 Å². The molecule has 0 saturated carbocycles. The Morgan fingerprint density at radius 3 is 3.00 bits per heavy atom. The Labute approximate surface area is 134 Å². The van der Waals surface area contributed by atoms with Crippen molar-refractivity contribution in [3.8, 4) is 0 Å². The lowest BCUT2D eigenvalue weighted by atomic mass is 10.1. The molecule has 2 aliphatic rings. The maximum Gasteiger partial charge on any atom is 0.135 e. The van der Waals surface area contributed by atoms with Crippen molar-refractivity contribution < 1.29 is 9.13 Å². The van der Waals surface area contributed by atoms with Gasteiger partial charge in [-0.25, -0.2) is 9.07 Å². The van der Waals surface area contributed by atoms with Gasteiger partial charge in [0.2, 0.25) is 0 Å². The Kier molecular flexibility index (Phi) is 3.83. The molecule has 6 heteroatoms. The van der Waals surface area contributed by atoms with Crippen molar-refractivity contribution in [1.82, 2.24) is 9.78 Å². The van der Waals surface area contributed by atoms with Crippen molar-refractivity contribution in [1.29, 1.82) is 0 Å². The van der Waals surface area contributed by atoms with Crippen LogP contribution < -0.4 is 5.32 Å². The first kappa shape index (κ1) is 14.4. The molecule has 4 rings (SSSR count). The van der Waals surface area contributed by atoms with E-state index in [1.165, 1.54) is 6.07 Å². The van der Waals surface area contributed by atoms with Crippen molar-refractivity contribution >= 4 is 11.7 Å². The van der Waals surface area contributed by atoms with E-state index in [1.54, 1.807) is 12.1 Å². The summed E-state index contributed by atoms with van der Waals surface area (Å²) in [5.41, 5.74) is 2.02.